The van der Waals surface area contributed by atoms with Gasteiger partial charge in [-0.15, -0.1) is 12.4 Å². The van der Waals surface area contributed by atoms with Gasteiger partial charge in [-0.3, -0.25) is 0 Å². The van der Waals surface area contributed by atoms with E-state index in [2.05, 4.69) is 36.5 Å². The lowest BCUT2D eigenvalue weighted by atomic mass is 10.0. The highest BCUT2D eigenvalue weighted by Crippen LogP contribution is 2.27. The van der Waals surface area contributed by atoms with Gasteiger partial charge in [0.25, 0.3) is 0 Å². The zero-order chi connectivity index (χ0) is 17.6. The zero-order valence-corrected chi connectivity index (χ0v) is 16.1. The quantitative estimate of drug-likeness (QED) is 0.477. The van der Waals surface area contributed by atoms with Gasteiger partial charge in [-0.25, -0.2) is 4.39 Å². The molecule has 2 nitrogen and oxygen atoms in total. The summed E-state index contributed by atoms with van der Waals surface area (Å²) in [5.74, 6) is 1.10. The summed E-state index contributed by atoms with van der Waals surface area (Å²) in [5.41, 5.74) is 2.05. The number of rotatable bonds is 7. The van der Waals surface area contributed by atoms with E-state index in [1.807, 2.05) is 18.2 Å². The van der Waals surface area contributed by atoms with Crippen LogP contribution in [-0.2, 0) is 6.54 Å². The summed E-state index contributed by atoms with van der Waals surface area (Å²) in [6, 6.07) is 19.1. The fourth-order valence-corrected chi connectivity index (χ4v) is 3.04. The SMILES string of the molecule is CCCC(NCc1ccc(-c2ccc(F)c(Cl)c2)o1)c1ccccc1.Cl. The molecule has 1 N–H and O–H groups in total. The van der Waals surface area contributed by atoms with E-state index in [1.165, 1.54) is 11.6 Å². The molecule has 1 aromatic heterocycles. The van der Waals surface area contributed by atoms with Gasteiger partial charge in [-0.2, -0.15) is 0 Å². The molecule has 0 fully saturated rings. The molecule has 0 aliphatic rings. The molecule has 3 aromatic rings. The molecule has 2 aromatic carbocycles. The Morgan fingerprint density at radius 1 is 1.08 bits per heavy atom. The van der Waals surface area contributed by atoms with E-state index >= 15 is 0 Å². The largest absolute Gasteiger partial charge is 0.460 e. The highest BCUT2D eigenvalue weighted by molar-refractivity contribution is 6.31. The normalized spacial score (nSPS) is 11.8. The van der Waals surface area contributed by atoms with E-state index in [4.69, 9.17) is 16.0 Å². The van der Waals surface area contributed by atoms with E-state index in [1.54, 1.807) is 12.1 Å². The minimum Gasteiger partial charge on any atom is -0.460 e. The Labute approximate surface area is 164 Å². The number of halogens is 3. The van der Waals surface area contributed by atoms with Crippen molar-refractivity contribution >= 4 is 24.0 Å². The monoisotopic (exact) mass is 393 g/mol. The zero-order valence-electron chi connectivity index (χ0n) is 14.5. The fourth-order valence-electron chi connectivity index (χ4n) is 2.86. The number of furan rings is 1. The van der Waals surface area contributed by atoms with Crippen LogP contribution in [0.3, 0.4) is 0 Å². The summed E-state index contributed by atoms with van der Waals surface area (Å²) in [6.45, 7) is 2.81. The predicted molar refractivity (Wildman–Crippen MR) is 107 cm³/mol. The van der Waals surface area contributed by atoms with Crippen molar-refractivity contribution in [1.29, 1.82) is 0 Å². The first kappa shape index (κ1) is 20.5. The average Bonchev–Trinajstić information content (AvgIpc) is 3.11. The van der Waals surface area contributed by atoms with Gasteiger partial charge in [0.2, 0.25) is 0 Å². The fraction of sp³-hybridized carbons (Fsp3) is 0.238. The standard InChI is InChI=1S/C21H21ClFNO.ClH/c1-2-6-20(15-7-4-3-5-8-15)24-14-17-10-12-21(25-17)16-9-11-19(23)18(22)13-16;/h3-5,7-13,20,24H,2,6,14H2,1H3;1H. The van der Waals surface area contributed by atoms with Crippen molar-refractivity contribution in [3.63, 3.8) is 0 Å². The molecule has 0 saturated heterocycles. The maximum atomic E-state index is 13.3. The minimum atomic E-state index is -0.427. The Morgan fingerprint density at radius 3 is 2.54 bits per heavy atom. The Kier molecular flexibility index (Phi) is 7.70. The second kappa shape index (κ2) is 9.77. The topological polar surface area (TPSA) is 25.2 Å². The third kappa shape index (κ3) is 5.10. The third-order valence-electron chi connectivity index (χ3n) is 4.17. The van der Waals surface area contributed by atoms with E-state index < -0.39 is 5.82 Å². The van der Waals surface area contributed by atoms with Crippen LogP contribution in [0.5, 0.6) is 0 Å². The van der Waals surface area contributed by atoms with Gasteiger partial charge in [0.05, 0.1) is 11.6 Å². The molecule has 0 radical (unpaired) electrons. The lowest BCUT2D eigenvalue weighted by Crippen LogP contribution is -2.20. The first-order valence-electron chi connectivity index (χ1n) is 8.50. The van der Waals surface area contributed by atoms with Gasteiger partial charge in [0.15, 0.2) is 0 Å². The molecule has 0 aliphatic heterocycles. The van der Waals surface area contributed by atoms with E-state index in [-0.39, 0.29) is 17.4 Å². The summed E-state index contributed by atoms with van der Waals surface area (Å²) in [4.78, 5) is 0. The average molecular weight is 394 g/mol. The number of hydrogen-bond donors (Lipinski definition) is 1. The van der Waals surface area contributed by atoms with Crippen molar-refractivity contribution in [3.05, 3.63) is 82.8 Å². The van der Waals surface area contributed by atoms with Crippen molar-refractivity contribution in [2.75, 3.05) is 0 Å². The highest BCUT2D eigenvalue weighted by Gasteiger charge is 2.12. The van der Waals surface area contributed by atoms with E-state index in [9.17, 15) is 4.39 Å². The van der Waals surface area contributed by atoms with Gasteiger partial charge in [-0.05, 0) is 42.3 Å². The number of benzene rings is 2. The van der Waals surface area contributed by atoms with Crippen LogP contribution in [0.2, 0.25) is 5.02 Å². The Hall–Kier alpha value is -1.81. The highest BCUT2D eigenvalue weighted by atomic mass is 35.5. The molecule has 0 saturated carbocycles. The van der Waals surface area contributed by atoms with Gasteiger partial charge in [0, 0.05) is 11.6 Å². The molecule has 0 spiro atoms. The summed E-state index contributed by atoms with van der Waals surface area (Å²) < 4.78 is 19.2. The van der Waals surface area contributed by atoms with Gasteiger partial charge in [-0.1, -0.05) is 55.3 Å². The molecule has 1 atom stereocenters. The van der Waals surface area contributed by atoms with Crippen molar-refractivity contribution in [2.45, 2.75) is 32.4 Å². The van der Waals surface area contributed by atoms with Crippen molar-refractivity contribution < 1.29 is 8.81 Å². The predicted octanol–water partition coefficient (Wildman–Crippen LogP) is 6.79. The number of nitrogens with one attached hydrogen (secondary N) is 1. The van der Waals surface area contributed by atoms with Crippen LogP contribution in [0.1, 0.15) is 37.1 Å². The lowest BCUT2D eigenvalue weighted by molar-refractivity contribution is 0.439. The molecular weight excluding hydrogens is 372 g/mol. The molecular formula is C21H22Cl2FNO. The summed E-state index contributed by atoms with van der Waals surface area (Å²) in [7, 11) is 0. The second-order valence-electron chi connectivity index (χ2n) is 6.03. The summed E-state index contributed by atoms with van der Waals surface area (Å²) in [5, 5.41) is 3.66. The molecule has 1 unspecified atom stereocenters. The van der Waals surface area contributed by atoms with Crippen LogP contribution in [0.4, 0.5) is 4.39 Å². The van der Waals surface area contributed by atoms with Crippen LogP contribution in [0.15, 0.2) is 65.1 Å². The van der Waals surface area contributed by atoms with Crippen LogP contribution in [0, 0.1) is 5.82 Å². The Bertz CT molecular complexity index is 820. The lowest BCUT2D eigenvalue weighted by Gasteiger charge is -2.17. The molecule has 0 bridgehead atoms. The molecule has 138 valence electrons. The summed E-state index contributed by atoms with van der Waals surface area (Å²) >= 11 is 5.85. The van der Waals surface area contributed by atoms with Crippen LogP contribution in [0.25, 0.3) is 11.3 Å². The maximum Gasteiger partial charge on any atom is 0.141 e. The first-order chi connectivity index (χ1) is 12.2. The number of hydrogen-bond acceptors (Lipinski definition) is 2. The molecule has 0 amide bonds. The van der Waals surface area contributed by atoms with Gasteiger partial charge >= 0.3 is 0 Å². The third-order valence-corrected chi connectivity index (χ3v) is 4.46. The smallest absolute Gasteiger partial charge is 0.141 e. The Morgan fingerprint density at radius 2 is 1.85 bits per heavy atom. The van der Waals surface area contributed by atoms with E-state index in [0.29, 0.717) is 18.3 Å². The Balaban J connectivity index is 0.00000243. The van der Waals surface area contributed by atoms with Crippen LogP contribution in [-0.4, -0.2) is 0 Å². The van der Waals surface area contributed by atoms with Crippen LogP contribution < -0.4 is 5.32 Å². The summed E-state index contributed by atoms with van der Waals surface area (Å²) in [6.07, 6.45) is 2.16. The first-order valence-corrected chi connectivity index (χ1v) is 8.87. The van der Waals surface area contributed by atoms with Crippen LogP contribution >= 0.6 is 24.0 Å². The molecule has 26 heavy (non-hydrogen) atoms. The minimum absolute atomic E-state index is 0. The van der Waals surface area contributed by atoms with Crippen molar-refractivity contribution in [2.24, 2.45) is 0 Å². The van der Waals surface area contributed by atoms with Crippen molar-refractivity contribution in [3.8, 4) is 11.3 Å². The molecule has 5 heteroatoms. The molecule has 3 rings (SSSR count). The van der Waals surface area contributed by atoms with Gasteiger partial charge < -0.3 is 9.73 Å². The maximum absolute atomic E-state index is 13.3. The van der Waals surface area contributed by atoms with Crippen molar-refractivity contribution in [1.82, 2.24) is 5.32 Å². The molecule has 1 heterocycles. The van der Waals surface area contributed by atoms with E-state index in [0.717, 1.165) is 24.2 Å². The van der Waals surface area contributed by atoms with Gasteiger partial charge in [0.1, 0.15) is 17.3 Å². The second-order valence-corrected chi connectivity index (χ2v) is 6.43. The molecule has 0 aliphatic carbocycles.